The maximum absolute atomic E-state index is 12.0. The van der Waals surface area contributed by atoms with Gasteiger partial charge in [-0.3, -0.25) is 4.79 Å². The normalized spacial score (nSPS) is 10.6. The van der Waals surface area contributed by atoms with E-state index in [4.69, 9.17) is 9.26 Å². The second-order valence-corrected chi connectivity index (χ2v) is 5.59. The fraction of sp³-hybridized carbons (Fsp3) is 0.278. The number of methoxy groups -OCH3 is 1. The highest BCUT2D eigenvalue weighted by Crippen LogP contribution is 2.23. The molecule has 1 amide bonds. The van der Waals surface area contributed by atoms with Gasteiger partial charge in [0.15, 0.2) is 5.76 Å². The van der Waals surface area contributed by atoms with Gasteiger partial charge in [-0.25, -0.2) is 4.98 Å². The molecule has 2 heterocycles. The first-order valence-electron chi connectivity index (χ1n) is 8.07. The standard InChI is InChI=1S/C18H20N4O3/c1-24-16-5-3-14(4-6-16)17-11-15(21-25-17)12-18(23)20-7-2-9-22-10-8-19-13-22/h3-6,8,10-11,13H,2,7,9,12H2,1H3,(H,20,23). The number of aromatic nitrogens is 3. The molecule has 0 saturated carbocycles. The summed E-state index contributed by atoms with van der Waals surface area (Å²) < 4.78 is 12.4. The van der Waals surface area contributed by atoms with Gasteiger partial charge in [0.2, 0.25) is 5.91 Å². The van der Waals surface area contributed by atoms with Crippen molar-refractivity contribution >= 4 is 5.91 Å². The van der Waals surface area contributed by atoms with Crippen molar-refractivity contribution in [2.75, 3.05) is 13.7 Å². The largest absolute Gasteiger partial charge is 0.497 e. The molecule has 0 spiro atoms. The number of ether oxygens (including phenoxy) is 1. The van der Waals surface area contributed by atoms with Crippen molar-refractivity contribution in [2.24, 2.45) is 0 Å². The van der Waals surface area contributed by atoms with E-state index in [0.717, 1.165) is 24.3 Å². The van der Waals surface area contributed by atoms with Gasteiger partial charge in [0.05, 0.1) is 25.6 Å². The van der Waals surface area contributed by atoms with E-state index in [9.17, 15) is 4.79 Å². The maximum atomic E-state index is 12.0. The average Bonchev–Trinajstić information content (AvgIpc) is 3.31. The molecular weight excluding hydrogens is 320 g/mol. The van der Waals surface area contributed by atoms with E-state index in [2.05, 4.69) is 15.5 Å². The van der Waals surface area contributed by atoms with E-state index in [1.54, 1.807) is 25.7 Å². The molecular formula is C18H20N4O3. The first-order valence-corrected chi connectivity index (χ1v) is 8.07. The van der Waals surface area contributed by atoms with Gasteiger partial charge in [-0.05, 0) is 30.7 Å². The number of amides is 1. The lowest BCUT2D eigenvalue weighted by Gasteiger charge is -2.04. The molecule has 0 saturated heterocycles. The molecule has 7 nitrogen and oxygen atoms in total. The van der Waals surface area contributed by atoms with E-state index in [-0.39, 0.29) is 12.3 Å². The van der Waals surface area contributed by atoms with Crippen molar-refractivity contribution in [2.45, 2.75) is 19.4 Å². The Bertz CT molecular complexity index is 794. The Labute approximate surface area is 145 Å². The second-order valence-electron chi connectivity index (χ2n) is 5.59. The van der Waals surface area contributed by atoms with Crippen molar-refractivity contribution in [3.8, 4) is 17.1 Å². The zero-order chi connectivity index (χ0) is 17.5. The smallest absolute Gasteiger partial charge is 0.226 e. The lowest BCUT2D eigenvalue weighted by molar-refractivity contribution is -0.120. The van der Waals surface area contributed by atoms with E-state index in [0.29, 0.717) is 18.0 Å². The maximum Gasteiger partial charge on any atom is 0.226 e. The molecule has 3 rings (SSSR count). The Hall–Kier alpha value is -3.09. The van der Waals surface area contributed by atoms with Crippen LogP contribution in [0.15, 0.2) is 53.6 Å². The molecule has 0 aliphatic heterocycles. The highest BCUT2D eigenvalue weighted by molar-refractivity contribution is 5.78. The summed E-state index contributed by atoms with van der Waals surface area (Å²) in [7, 11) is 1.62. The molecule has 1 N–H and O–H groups in total. The lowest BCUT2D eigenvalue weighted by atomic mass is 10.1. The highest BCUT2D eigenvalue weighted by Gasteiger charge is 2.10. The van der Waals surface area contributed by atoms with Crippen molar-refractivity contribution in [3.05, 3.63) is 54.7 Å². The van der Waals surface area contributed by atoms with E-state index < -0.39 is 0 Å². The third-order valence-corrected chi connectivity index (χ3v) is 3.75. The predicted molar refractivity (Wildman–Crippen MR) is 92.0 cm³/mol. The van der Waals surface area contributed by atoms with Gasteiger partial charge >= 0.3 is 0 Å². The Morgan fingerprint density at radius 1 is 1.32 bits per heavy atom. The molecule has 0 atom stereocenters. The molecule has 0 fully saturated rings. The van der Waals surface area contributed by atoms with Crippen LogP contribution in [0.5, 0.6) is 5.75 Å². The molecule has 0 aliphatic carbocycles. The van der Waals surface area contributed by atoms with Gasteiger partial charge in [0.25, 0.3) is 0 Å². The summed E-state index contributed by atoms with van der Waals surface area (Å²) in [6, 6.07) is 9.26. The van der Waals surface area contributed by atoms with Gasteiger partial charge in [-0.2, -0.15) is 0 Å². The van der Waals surface area contributed by atoms with Gasteiger partial charge in [0, 0.05) is 37.1 Å². The van der Waals surface area contributed by atoms with Crippen LogP contribution >= 0.6 is 0 Å². The number of rotatable bonds is 8. The van der Waals surface area contributed by atoms with Crippen LogP contribution in [0.4, 0.5) is 0 Å². The monoisotopic (exact) mass is 340 g/mol. The minimum absolute atomic E-state index is 0.0692. The van der Waals surface area contributed by atoms with Crippen LogP contribution in [0.2, 0.25) is 0 Å². The van der Waals surface area contributed by atoms with E-state index >= 15 is 0 Å². The minimum atomic E-state index is -0.0692. The Kier molecular flexibility index (Phi) is 5.46. The molecule has 0 bridgehead atoms. The Morgan fingerprint density at radius 3 is 2.88 bits per heavy atom. The summed E-state index contributed by atoms with van der Waals surface area (Å²) in [5.74, 6) is 1.34. The van der Waals surface area contributed by atoms with Gasteiger partial charge in [-0.15, -0.1) is 0 Å². The van der Waals surface area contributed by atoms with Crippen molar-refractivity contribution in [1.82, 2.24) is 20.0 Å². The zero-order valence-electron chi connectivity index (χ0n) is 14.0. The van der Waals surface area contributed by atoms with Crippen LogP contribution in [-0.2, 0) is 17.8 Å². The summed E-state index contributed by atoms with van der Waals surface area (Å²) >= 11 is 0. The van der Waals surface area contributed by atoms with Crippen LogP contribution in [0.25, 0.3) is 11.3 Å². The third-order valence-electron chi connectivity index (χ3n) is 3.75. The summed E-state index contributed by atoms with van der Waals surface area (Å²) in [4.78, 5) is 16.0. The summed E-state index contributed by atoms with van der Waals surface area (Å²) in [5, 5.41) is 6.85. The molecule has 130 valence electrons. The number of benzene rings is 1. The lowest BCUT2D eigenvalue weighted by Crippen LogP contribution is -2.26. The predicted octanol–water partition coefficient (Wildman–Crippen LogP) is 2.30. The third kappa shape index (κ3) is 4.69. The van der Waals surface area contributed by atoms with Gasteiger partial charge < -0.3 is 19.1 Å². The first kappa shape index (κ1) is 16.8. The van der Waals surface area contributed by atoms with Crippen molar-refractivity contribution < 1.29 is 14.1 Å². The average molecular weight is 340 g/mol. The summed E-state index contributed by atoms with van der Waals surface area (Å²) in [6.45, 7) is 1.44. The van der Waals surface area contributed by atoms with Crippen LogP contribution < -0.4 is 10.1 Å². The molecule has 3 aromatic rings. The van der Waals surface area contributed by atoms with Crippen molar-refractivity contribution in [3.63, 3.8) is 0 Å². The number of carbonyl (C=O) groups is 1. The molecule has 7 heteroatoms. The highest BCUT2D eigenvalue weighted by atomic mass is 16.5. The fourth-order valence-corrected chi connectivity index (χ4v) is 2.42. The Morgan fingerprint density at radius 2 is 2.16 bits per heavy atom. The molecule has 0 radical (unpaired) electrons. The van der Waals surface area contributed by atoms with Crippen LogP contribution in [0.3, 0.4) is 0 Å². The number of nitrogens with one attached hydrogen (secondary N) is 1. The second kappa shape index (κ2) is 8.14. The topological polar surface area (TPSA) is 82.2 Å². The van der Waals surface area contributed by atoms with Crippen LogP contribution in [0.1, 0.15) is 12.1 Å². The van der Waals surface area contributed by atoms with E-state index in [1.165, 1.54) is 0 Å². The van der Waals surface area contributed by atoms with Gasteiger partial charge in [-0.1, -0.05) is 5.16 Å². The van der Waals surface area contributed by atoms with Crippen molar-refractivity contribution in [1.29, 1.82) is 0 Å². The van der Waals surface area contributed by atoms with Gasteiger partial charge in [0.1, 0.15) is 5.75 Å². The summed E-state index contributed by atoms with van der Waals surface area (Å²) in [5.41, 5.74) is 1.50. The molecule has 25 heavy (non-hydrogen) atoms. The fourth-order valence-electron chi connectivity index (χ4n) is 2.42. The summed E-state index contributed by atoms with van der Waals surface area (Å²) in [6.07, 6.45) is 6.45. The van der Waals surface area contributed by atoms with Crippen LogP contribution in [0, 0.1) is 0 Å². The minimum Gasteiger partial charge on any atom is -0.497 e. The number of hydrogen-bond donors (Lipinski definition) is 1. The number of aryl methyl sites for hydroxylation is 1. The van der Waals surface area contributed by atoms with Crippen LogP contribution in [-0.4, -0.2) is 34.3 Å². The number of carbonyl (C=O) groups excluding carboxylic acids is 1. The molecule has 1 aromatic carbocycles. The Balaban J connectivity index is 1.46. The molecule has 2 aromatic heterocycles. The number of imidazole rings is 1. The number of hydrogen-bond acceptors (Lipinski definition) is 5. The first-order chi connectivity index (χ1) is 12.2. The number of nitrogens with zero attached hydrogens (tertiary/aromatic N) is 3. The van der Waals surface area contributed by atoms with E-state index in [1.807, 2.05) is 35.0 Å². The molecule has 0 aliphatic rings. The zero-order valence-corrected chi connectivity index (χ0v) is 14.0. The quantitative estimate of drug-likeness (QED) is 0.636. The SMILES string of the molecule is COc1ccc(-c2cc(CC(=O)NCCCn3ccnc3)no2)cc1. The molecule has 0 unspecified atom stereocenters.